The first-order valence-electron chi connectivity index (χ1n) is 9.49. The summed E-state index contributed by atoms with van der Waals surface area (Å²) in [5.74, 6) is 1.84. The summed E-state index contributed by atoms with van der Waals surface area (Å²) in [6.07, 6.45) is 2.74. The first-order valence-corrected chi connectivity index (χ1v) is 9.49. The quantitative estimate of drug-likeness (QED) is 0.908. The number of aliphatic hydroxyl groups is 1. The van der Waals surface area contributed by atoms with Crippen molar-refractivity contribution >= 4 is 17.0 Å². The Morgan fingerprint density at radius 2 is 2.04 bits per heavy atom. The maximum absolute atomic E-state index is 9.52. The van der Waals surface area contributed by atoms with Gasteiger partial charge >= 0.3 is 0 Å². The van der Waals surface area contributed by atoms with Gasteiger partial charge in [-0.1, -0.05) is 12.1 Å². The highest BCUT2D eigenvalue weighted by Gasteiger charge is 2.43. The van der Waals surface area contributed by atoms with Crippen molar-refractivity contribution in [1.29, 1.82) is 0 Å². The van der Waals surface area contributed by atoms with Crippen LogP contribution in [0.25, 0.3) is 11.0 Å². The number of morpholine rings is 1. The summed E-state index contributed by atoms with van der Waals surface area (Å²) >= 11 is 0. The number of fused-ring (bicyclic) bond motifs is 2. The number of hydrogen-bond acceptors (Lipinski definition) is 5. The van der Waals surface area contributed by atoms with E-state index in [1.807, 2.05) is 12.1 Å². The third-order valence-corrected chi connectivity index (χ3v) is 5.96. The first-order chi connectivity index (χ1) is 12.3. The van der Waals surface area contributed by atoms with Crippen LogP contribution in [0.2, 0.25) is 0 Å². The Kier molecular flexibility index (Phi) is 3.91. The second-order valence-electron chi connectivity index (χ2n) is 7.56. The average molecular weight is 342 g/mol. The summed E-state index contributed by atoms with van der Waals surface area (Å²) in [4.78, 5) is 9.95. The molecule has 2 aromatic rings. The van der Waals surface area contributed by atoms with Gasteiger partial charge in [0.2, 0.25) is 5.95 Å². The molecule has 1 N–H and O–H groups in total. The van der Waals surface area contributed by atoms with Gasteiger partial charge in [-0.2, -0.15) is 0 Å². The van der Waals surface area contributed by atoms with Gasteiger partial charge in [-0.05, 0) is 30.9 Å². The van der Waals surface area contributed by atoms with Gasteiger partial charge in [-0.25, -0.2) is 4.98 Å². The molecular weight excluding hydrogens is 316 g/mol. The van der Waals surface area contributed by atoms with Crippen LogP contribution in [0.15, 0.2) is 24.3 Å². The van der Waals surface area contributed by atoms with E-state index < -0.39 is 0 Å². The molecule has 6 heteroatoms. The molecule has 2 saturated heterocycles. The summed E-state index contributed by atoms with van der Waals surface area (Å²) in [6.45, 7) is 5.47. The third-order valence-electron chi connectivity index (χ3n) is 5.96. The maximum Gasteiger partial charge on any atom is 0.206 e. The van der Waals surface area contributed by atoms with Gasteiger partial charge in [-0.15, -0.1) is 0 Å². The number of aliphatic hydroxyl groups excluding tert-OH is 1. The van der Waals surface area contributed by atoms with Crippen LogP contribution in [0.1, 0.15) is 12.8 Å². The molecule has 3 aliphatic rings. The number of benzene rings is 1. The summed E-state index contributed by atoms with van der Waals surface area (Å²) in [5, 5.41) is 9.52. The topological polar surface area (TPSA) is 53.8 Å². The molecule has 1 aromatic heterocycles. The number of hydrogen-bond donors (Lipinski definition) is 1. The van der Waals surface area contributed by atoms with Gasteiger partial charge in [0.1, 0.15) is 0 Å². The van der Waals surface area contributed by atoms with Gasteiger partial charge in [0, 0.05) is 32.2 Å². The minimum atomic E-state index is 0.129. The fourth-order valence-electron chi connectivity index (χ4n) is 4.57. The summed E-state index contributed by atoms with van der Waals surface area (Å²) in [7, 11) is 0. The predicted molar refractivity (Wildman–Crippen MR) is 96.9 cm³/mol. The van der Waals surface area contributed by atoms with Crippen molar-refractivity contribution in [2.45, 2.75) is 31.5 Å². The van der Waals surface area contributed by atoms with E-state index in [4.69, 9.17) is 9.72 Å². The summed E-state index contributed by atoms with van der Waals surface area (Å²) in [5.41, 5.74) is 2.11. The van der Waals surface area contributed by atoms with Crippen molar-refractivity contribution in [1.82, 2.24) is 14.5 Å². The van der Waals surface area contributed by atoms with Crippen LogP contribution in [0, 0.1) is 5.92 Å². The van der Waals surface area contributed by atoms with Gasteiger partial charge in [0.15, 0.2) is 0 Å². The zero-order chi connectivity index (χ0) is 16.8. The fraction of sp³-hybridized carbons (Fsp3) is 0.632. The largest absolute Gasteiger partial charge is 0.395 e. The van der Waals surface area contributed by atoms with Crippen LogP contribution in [0.3, 0.4) is 0 Å². The smallest absolute Gasteiger partial charge is 0.206 e. The Labute approximate surface area is 148 Å². The van der Waals surface area contributed by atoms with E-state index in [-0.39, 0.29) is 6.61 Å². The van der Waals surface area contributed by atoms with E-state index >= 15 is 0 Å². The SMILES string of the molecule is OCCn1c(N2CCN3[C@@H](COC[C@@H]3C3CC3)C2)nc2ccccc21. The molecule has 1 aromatic carbocycles. The number of ether oxygens (including phenoxy) is 1. The molecule has 5 rings (SSSR count). The van der Waals surface area contributed by atoms with Crippen LogP contribution in [-0.2, 0) is 11.3 Å². The van der Waals surface area contributed by atoms with Crippen molar-refractivity contribution in [3.63, 3.8) is 0 Å². The Bertz CT molecular complexity index is 757. The number of para-hydroxylation sites is 2. The molecule has 0 radical (unpaired) electrons. The lowest BCUT2D eigenvalue weighted by Crippen LogP contribution is -2.62. The van der Waals surface area contributed by atoms with Crippen molar-refractivity contribution < 1.29 is 9.84 Å². The molecule has 6 nitrogen and oxygen atoms in total. The number of aromatic nitrogens is 2. The molecular formula is C19H26N4O2. The van der Waals surface area contributed by atoms with Crippen molar-refractivity contribution in [2.75, 3.05) is 44.4 Å². The van der Waals surface area contributed by atoms with E-state index in [2.05, 4.69) is 26.5 Å². The van der Waals surface area contributed by atoms with E-state index in [0.29, 0.717) is 18.6 Å². The maximum atomic E-state index is 9.52. The highest BCUT2D eigenvalue weighted by molar-refractivity contribution is 5.78. The van der Waals surface area contributed by atoms with E-state index in [0.717, 1.165) is 55.7 Å². The fourth-order valence-corrected chi connectivity index (χ4v) is 4.57. The number of anilines is 1. The van der Waals surface area contributed by atoms with Gasteiger partial charge in [-0.3, -0.25) is 4.90 Å². The van der Waals surface area contributed by atoms with Gasteiger partial charge < -0.3 is 19.3 Å². The van der Waals surface area contributed by atoms with Gasteiger partial charge in [0.25, 0.3) is 0 Å². The van der Waals surface area contributed by atoms with E-state index in [9.17, 15) is 5.11 Å². The lowest BCUT2D eigenvalue weighted by molar-refractivity contribution is -0.0605. The van der Waals surface area contributed by atoms with E-state index in [1.165, 1.54) is 12.8 Å². The molecule has 3 fully saturated rings. The van der Waals surface area contributed by atoms with Crippen LogP contribution < -0.4 is 4.90 Å². The number of piperazine rings is 1. The first kappa shape index (κ1) is 15.6. The summed E-state index contributed by atoms with van der Waals surface area (Å²) in [6, 6.07) is 9.28. The minimum absolute atomic E-state index is 0.129. The second-order valence-corrected chi connectivity index (χ2v) is 7.56. The Morgan fingerprint density at radius 1 is 1.16 bits per heavy atom. The number of rotatable bonds is 4. The molecule has 134 valence electrons. The number of imidazole rings is 1. The highest BCUT2D eigenvalue weighted by Crippen LogP contribution is 2.38. The van der Waals surface area contributed by atoms with Crippen molar-refractivity contribution in [2.24, 2.45) is 5.92 Å². The molecule has 0 spiro atoms. The highest BCUT2D eigenvalue weighted by atomic mass is 16.5. The predicted octanol–water partition coefficient (Wildman–Crippen LogP) is 1.33. The molecule has 0 amide bonds. The molecule has 0 bridgehead atoms. The molecule has 1 aliphatic carbocycles. The van der Waals surface area contributed by atoms with E-state index in [1.54, 1.807) is 0 Å². The number of nitrogens with zero attached hydrogens (tertiary/aromatic N) is 4. The Hall–Kier alpha value is -1.63. The lowest BCUT2D eigenvalue weighted by atomic mass is 10.0. The average Bonchev–Trinajstić information content (AvgIpc) is 3.43. The monoisotopic (exact) mass is 342 g/mol. The van der Waals surface area contributed by atoms with Crippen molar-refractivity contribution in [3.05, 3.63) is 24.3 Å². The van der Waals surface area contributed by atoms with Gasteiger partial charge in [0.05, 0.1) is 36.9 Å². The zero-order valence-corrected chi connectivity index (χ0v) is 14.5. The molecule has 2 atom stereocenters. The molecule has 0 unspecified atom stereocenters. The Balaban J connectivity index is 1.42. The molecule has 2 aliphatic heterocycles. The van der Waals surface area contributed by atoms with Crippen LogP contribution in [-0.4, -0.2) is 71.1 Å². The standard InChI is InChI=1S/C19H26N4O2/c24-10-9-23-17-4-2-1-3-16(17)20-19(23)21-7-8-22-15(11-21)12-25-13-18(22)14-5-6-14/h1-4,14-15,18,24H,5-13H2/t15-,18-/m1/s1. The lowest BCUT2D eigenvalue weighted by Gasteiger charge is -2.48. The summed E-state index contributed by atoms with van der Waals surface area (Å²) < 4.78 is 8.10. The van der Waals surface area contributed by atoms with Crippen LogP contribution in [0.4, 0.5) is 5.95 Å². The Morgan fingerprint density at radius 3 is 2.88 bits per heavy atom. The van der Waals surface area contributed by atoms with Crippen molar-refractivity contribution in [3.8, 4) is 0 Å². The van der Waals surface area contributed by atoms with Crippen LogP contribution >= 0.6 is 0 Å². The normalized spacial score (nSPS) is 27.6. The molecule has 3 heterocycles. The molecule has 1 saturated carbocycles. The minimum Gasteiger partial charge on any atom is -0.395 e. The van der Waals surface area contributed by atoms with Crippen LogP contribution in [0.5, 0.6) is 0 Å². The molecule has 25 heavy (non-hydrogen) atoms. The third kappa shape index (κ3) is 2.72. The zero-order valence-electron chi connectivity index (χ0n) is 14.5. The second kappa shape index (κ2) is 6.27.